The van der Waals surface area contributed by atoms with Gasteiger partial charge in [0.25, 0.3) is 5.91 Å². The topological polar surface area (TPSA) is 51.2 Å². The molecule has 0 bridgehead atoms. The number of hydrogen-bond acceptors (Lipinski definition) is 3. The highest BCUT2D eigenvalue weighted by molar-refractivity contribution is 6.07. The van der Waals surface area contributed by atoms with E-state index in [1.54, 1.807) is 0 Å². The van der Waals surface area contributed by atoms with Gasteiger partial charge in [-0.2, -0.15) is 0 Å². The SMILES string of the molecule is O=C(NCCOc1ccccc1)c1c2c(nc3ccccc13)CCC2. The molecular formula is C21H20N2O2. The maximum absolute atomic E-state index is 12.8. The Hall–Kier alpha value is -2.88. The molecular weight excluding hydrogens is 312 g/mol. The highest BCUT2D eigenvalue weighted by atomic mass is 16.5. The van der Waals surface area contributed by atoms with Crippen LogP contribution < -0.4 is 10.1 Å². The summed E-state index contributed by atoms with van der Waals surface area (Å²) in [6, 6.07) is 17.5. The van der Waals surface area contributed by atoms with E-state index in [1.165, 1.54) is 0 Å². The van der Waals surface area contributed by atoms with Crippen molar-refractivity contribution >= 4 is 16.8 Å². The van der Waals surface area contributed by atoms with E-state index in [1.807, 2.05) is 54.6 Å². The third kappa shape index (κ3) is 3.20. The van der Waals surface area contributed by atoms with Crippen molar-refractivity contribution in [3.63, 3.8) is 0 Å². The number of nitrogens with one attached hydrogen (secondary N) is 1. The van der Waals surface area contributed by atoms with Gasteiger partial charge in [-0.15, -0.1) is 0 Å². The average Bonchev–Trinajstić information content (AvgIpc) is 3.11. The van der Waals surface area contributed by atoms with E-state index >= 15 is 0 Å². The van der Waals surface area contributed by atoms with Crippen LogP contribution in [0, 0.1) is 0 Å². The van der Waals surface area contributed by atoms with E-state index in [0.29, 0.717) is 13.2 Å². The summed E-state index contributed by atoms with van der Waals surface area (Å²) in [6.07, 6.45) is 2.95. The summed E-state index contributed by atoms with van der Waals surface area (Å²) in [6.45, 7) is 0.917. The number of amides is 1. The first kappa shape index (κ1) is 15.6. The highest BCUT2D eigenvalue weighted by Gasteiger charge is 2.23. The average molecular weight is 332 g/mol. The van der Waals surface area contributed by atoms with E-state index < -0.39 is 0 Å². The fourth-order valence-electron chi connectivity index (χ4n) is 3.41. The first-order chi connectivity index (χ1) is 12.3. The third-order valence-corrected chi connectivity index (χ3v) is 4.55. The fraction of sp³-hybridized carbons (Fsp3) is 0.238. The van der Waals surface area contributed by atoms with E-state index in [9.17, 15) is 4.79 Å². The Labute approximate surface area is 146 Å². The first-order valence-electron chi connectivity index (χ1n) is 8.69. The molecule has 25 heavy (non-hydrogen) atoms. The number of carbonyl (C=O) groups is 1. The minimum absolute atomic E-state index is 0.0339. The molecule has 0 spiro atoms. The van der Waals surface area contributed by atoms with Gasteiger partial charge in [0.2, 0.25) is 0 Å². The molecule has 0 atom stereocenters. The summed E-state index contributed by atoms with van der Waals surface area (Å²) in [5.41, 5.74) is 3.87. The van der Waals surface area contributed by atoms with Crippen molar-refractivity contribution in [2.24, 2.45) is 0 Å². The van der Waals surface area contributed by atoms with Crippen molar-refractivity contribution in [3.8, 4) is 5.75 Å². The van der Waals surface area contributed by atoms with Crippen LogP contribution in [0.3, 0.4) is 0 Å². The highest BCUT2D eigenvalue weighted by Crippen LogP contribution is 2.29. The Kier molecular flexibility index (Phi) is 4.34. The zero-order valence-electron chi connectivity index (χ0n) is 14.0. The summed E-state index contributed by atoms with van der Waals surface area (Å²) in [5, 5.41) is 3.93. The van der Waals surface area contributed by atoms with Crippen molar-refractivity contribution < 1.29 is 9.53 Å². The van der Waals surface area contributed by atoms with Crippen LogP contribution >= 0.6 is 0 Å². The van der Waals surface area contributed by atoms with Crippen molar-refractivity contribution in [2.75, 3.05) is 13.2 Å². The molecule has 2 aromatic carbocycles. The molecule has 0 aliphatic heterocycles. The number of fused-ring (bicyclic) bond motifs is 2. The number of benzene rings is 2. The number of aryl methyl sites for hydroxylation is 1. The van der Waals surface area contributed by atoms with Gasteiger partial charge < -0.3 is 10.1 Å². The van der Waals surface area contributed by atoms with Crippen LogP contribution in [0.2, 0.25) is 0 Å². The zero-order valence-corrected chi connectivity index (χ0v) is 14.0. The maximum atomic E-state index is 12.8. The number of para-hydroxylation sites is 2. The van der Waals surface area contributed by atoms with E-state index in [-0.39, 0.29) is 5.91 Å². The molecule has 1 heterocycles. The second-order valence-corrected chi connectivity index (χ2v) is 6.20. The molecule has 1 aromatic heterocycles. The van der Waals surface area contributed by atoms with Crippen LogP contribution in [0.15, 0.2) is 54.6 Å². The standard InChI is InChI=1S/C21H20N2O2/c24-21(22-13-14-25-15-7-2-1-3-8-15)20-16-9-4-5-11-18(16)23-19-12-6-10-17(19)20/h1-5,7-9,11H,6,10,12-14H2,(H,22,24). The Morgan fingerprint density at radius 1 is 1.04 bits per heavy atom. The molecule has 4 heteroatoms. The van der Waals surface area contributed by atoms with E-state index in [0.717, 1.165) is 52.7 Å². The van der Waals surface area contributed by atoms with Gasteiger partial charge in [-0.3, -0.25) is 9.78 Å². The predicted octanol–water partition coefficient (Wildman–Crippen LogP) is 3.53. The van der Waals surface area contributed by atoms with Crippen LogP contribution in [0.4, 0.5) is 0 Å². The fourth-order valence-corrected chi connectivity index (χ4v) is 3.41. The minimum atomic E-state index is -0.0339. The molecule has 126 valence electrons. The van der Waals surface area contributed by atoms with Gasteiger partial charge in [-0.1, -0.05) is 36.4 Å². The summed E-state index contributed by atoms with van der Waals surface area (Å²) >= 11 is 0. The molecule has 1 amide bonds. The predicted molar refractivity (Wildman–Crippen MR) is 98.0 cm³/mol. The number of rotatable bonds is 5. The van der Waals surface area contributed by atoms with Crippen LogP contribution in [-0.4, -0.2) is 24.0 Å². The van der Waals surface area contributed by atoms with E-state index in [4.69, 9.17) is 9.72 Å². The number of hydrogen-bond donors (Lipinski definition) is 1. The number of ether oxygens (including phenoxy) is 1. The van der Waals surface area contributed by atoms with Crippen molar-refractivity contribution in [3.05, 3.63) is 71.4 Å². The summed E-state index contributed by atoms with van der Waals surface area (Å²) in [5.74, 6) is 0.778. The summed E-state index contributed by atoms with van der Waals surface area (Å²) in [4.78, 5) is 17.6. The Morgan fingerprint density at radius 2 is 1.84 bits per heavy atom. The van der Waals surface area contributed by atoms with E-state index in [2.05, 4.69) is 5.32 Å². The van der Waals surface area contributed by atoms with Crippen LogP contribution in [0.5, 0.6) is 5.75 Å². The molecule has 1 N–H and O–H groups in total. The lowest BCUT2D eigenvalue weighted by Gasteiger charge is -2.13. The molecule has 0 fully saturated rings. The summed E-state index contributed by atoms with van der Waals surface area (Å²) < 4.78 is 5.65. The Balaban J connectivity index is 1.50. The zero-order chi connectivity index (χ0) is 17.1. The number of pyridine rings is 1. The van der Waals surface area contributed by atoms with Gasteiger partial charge in [0, 0.05) is 11.1 Å². The normalized spacial score (nSPS) is 12.8. The van der Waals surface area contributed by atoms with Crippen molar-refractivity contribution in [1.29, 1.82) is 0 Å². The van der Waals surface area contributed by atoms with Gasteiger partial charge >= 0.3 is 0 Å². The molecule has 3 aromatic rings. The minimum Gasteiger partial charge on any atom is -0.492 e. The molecule has 0 radical (unpaired) electrons. The lowest BCUT2D eigenvalue weighted by atomic mass is 10.0. The van der Waals surface area contributed by atoms with Gasteiger partial charge in [0.15, 0.2) is 0 Å². The monoisotopic (exact) mass is 332 g/mol. The molecule has 1 aliphatic rings. The van der Waals surface area contributed by atoms with Gasteiger partial charge in [0.05, 0.1) is 17.6 Å². The molecule has 1 aliphatic carbocycles. The first-order valence-corrected chi connectivity index (χ1v) is 8.69. The van der Waals surface area contributed by atoms with Crippen LogP contribution in [0.1, 0.15) is 28.0 Å². The molecule has 4 nitrogen and oxygen atoms in total. The second-order valence-electron chi connectivity index (χ2n) is 6.20. The molecule has 0 saturated heterocycles. The lowest BCUT2D eigenvalue weighted by molar-refractivity contribution is 0.0947. The summed E-state index contributed by atoms with van der Waals surface area (Å²) in [7, 11) is 0. The van der Waals surface area contributed by atoms with Gasteiger partial charge in [-0.05, 0) is 43.0 Å². The second kappa shape index (κ2) is 6.93. The van der Waals surface area contributed by atoms with Crippen molar-refractivity contribution in [2.45, 2.75) is 19.3 Å². The number of aromatic nitrogens is 1. The molecule has 0 unspecified atom stereocenters. The Morgan fingerprint density at radius 3 is 2.72 bits per heavy atom. The van der Waals surface area contributed by atoms with Gasteiger partial charge in [-0.25, -0.2) is 0 Å². The van der Waals surface area contributed by atoms with Crippen LogP contribution in [-0.2, 0) is 12.8 Å². The lowest BCUT2D eigenvalue weighted by Crippen LogP contribution is -2.29. The van der Waals surface area contributed by atoms with Crippen molar-refractivity contribution in [1.82, 2.24) is 10.3 Å². The smallest absolute Gasteiger partial charge is 0.252 e. The van der Waals surface area contributed by atoms with Crippen LogP contribution in [0.25, 0.3) is 10.9 Å². The van der Waals surface area contributed by atoms with Gasteiger partial charge in [0.1, 0.15) is 12.4 Å². The molecule has 0 saturated carbocycles. The molecule has 4 rings (SSSR count). The number of carbonyl (C=O) groups excluding carboxylic acids is 1. The largest absolute Gasteiger partial charge is 0.492 e. The quantitative estimate of drug-likeness (QED) is 0.727. The Bertz CT molecular complexity index is 906. The number of nitrogens with zero attached hydrogens (tertiary/aromatic N) is 1. The third-order valence-electron chi connectivity index (χ3n) is 4.55. The maximum Gasteiger partial charge on any atom is 0.252 e.